The molecule has 0 unspecified atom stereocenters. The van der Waals surface area contributed by atoms with Crippen molar-refractivity contribution in [2.45, 2.75) is 58.5 Å². The van der Waals surface area contributed by atoms with Gasteiger partial charge >= 0.3 is 0 Å². The number of thiophene rings is 1. The van der Waals surface area contributed by atoms with Crippen molar-refractivity contribution in [1.82, 2.24) is 19.5 Å². The molecule has 0 radical (unpaired) electrons. The van der Waals surface area contributed by atoms with Crippen molar-refractivity contribution in [3.05, 3.63) is 33.7 Å². The fourth-order valence-electron chi connectivity index (χ4n) is 3.89. The second kappa shape index (κ2) is 6.54. The van der Waals surface area contributed by atoms with Gasteiger partial charge in [-0.05, 0) is 63.0 Å². The second-order valence-electron chi connectivity index (χ2n) is 7.47. The molecule has 3 aromatic heterocycles. The number of aryl methyl sites for hydroxylation is 1. The van der Waals surface area contributed by atoms with E-state index in [9.17, 15) is 9.59 Å². The van der Waals surface area contributed by atoms with Crippen LogP contribution in [0.25, 0.3) is 15.7 Å². The Kier molecular flexibility index (Phi) is 4.34. The van der Waals surface area contributed by atoms with Crippen LogP contribution >= 0.6 is 11.3 Å². The molecule has 0 aromatic carbocycles. The summed E-state index contributed by atoms with van der Waals surface area (Å²) in [5.74, 6) is 1.31. The molecule has 0 bridgehead atoms. The maximum atomic E-state index is 12.9. The van der Waals surface area contributed by atoms with E-state index in [1.807, 2.05) is 28.8 Å². The zero-order chi connectivity index (χ0) is 18.4. The number of hydrogen-bond acceptors (Lipinski definition) is 4. The largest absolute Gasteiger partial charge is 0.352 e. The third-order valence-corrected chi connectivity index (χ3v) is 6.39. The van der Waals surface area contributed by atoms with Crippen molar-refractivity contribution < 1.29 is 4.79 Å². The lowest BCUT2D eigenvalue weighted by molar-refractivity contribution is -0.125. The molecule has 1 aliphatic carbocycles. The Hall–Kier alpha value is -2.15. The minimum Gasteiger partial charge on any atom is -0.352 e. The molecule has 3 aromatic rings. The first kappa shape index (κ1) is 17.3. The summed E-state index contributed by atoms with van der Waals surface area (Å²) in [5, 5.41) is 9.55. The van der Waals surface area contributed by atoms with Crippen molar-refractivity contribution in [2.24, 2.45) is 5.92 Å². The molecule has 1 N–H and O–H groups in total. The molecule has 1 amide bonds. The highest BCUT2D eigenvalue weighted by atomic mass is 32.1. The van der Waals surface area contributed by atoms with Crippen LogP contribution in [-0.2, 0) is 4.79 Å². The molecule has 3 heterocycles. The van der Waals surface area contributed by atoms with Crippen molar-refractivity contribution in [3.8, 4) is 0 Å². The standard InChI is InChI=1S/C19H24N4O2S/c1-11-4-6-14(7-5-11)20-18(24)12(2)23-19(25)16-10-17-15(8-9-26-17)22(16)13(3)21-23/h8-12,14H,4-7H2,1-3H3,(H,20,24)/t11?,12-,14?/m1/s1. The topological polar surface area (TPSA) is 68.4 Å². The van der Waals surface area contributed by atoms with Crippen LogP contribution in [0.3, 0.4) is 0 Å². The number of carbonyl (C=O) groups is 1. The van der Waals surface area contributed by atoms with E-state index in [0.717, 1.165) is 41.8 Å². The van der Waals surface area contributed by atoms with Gasteiger partial charge in [0.05, 0.1) is 10.2 Å². The molecule has 0 saturated heterocycles. The number of hydrogen-bond donors (Lipinski definition) is 1. The number of carbonyl (C=O) groups excluding carboxylic acids is 1. The Morgan fingerprint density at radius 3 is 2.77 bits per heavy atom. The van der Waals surface area contributed by atoms with Gasteiger partial charge in [-0.3, -0.25) is 14.0 Å². The van der Waals surface area contributed by atoms with Gasteiger partial charge in [-0.2, -0.15) is 5.10 Å². The number of nitrogens with zero attached hydrogens (tertiary/aromatic N) is 3. The molecular weight excluding hydrogens is 348 g/mol. The zero-order valence-electron chi connectivity index (χ0n) is 15.4. The Morgan fingerprint density at radius 1 is 1.31 bits per heavy atom. The molecule has 6 nitrogen and oxygen atoms in total. The SMILES string of the molecule is Cc1nn([C@H](C)C(=O)NC2CCC(C)CC2)c(=O)c2cc3sccc3n12. The Morgan fingerprint density at radius 2 is 2.04 bits per heavy atom. The van der Waals surface area contributed by atoms with Crippen LogP contribution < -0.4 is 10.9 Å². The Labute approximate surface area is 155 Å². The van der Waals surface area contributed by atoms with Gasteiger partial charge in [-0.25, -0.2) is 4.68 Å². The number of amides is 1. The maximum Gasteiger partial charge on any atom is 0.291 e. The Bertz CT molecular complexity index is 1020. The lowest BCUT2D eigenvalue weighted by Crippen LogP contribution is -2.43. The molecule has 0 aliphatic heterocycles. The lowest BCUT2D eigenvalue weighted by atomic mass is 9.87. The molecule has 1 fully saturated rings. The molecule has 1 aliphatic rings. The zero-order valence-corrected chi connectivity index (χ0v) is 16.2. The number of rotatable bonds is 3. The fraction of sp³-hybridized carbons (Fsp3) is 0.526. The summed E-state index contributed by atoms with van der Waals surface area (Å²) < 4.78 is 4.26. The maximum absolute atomic E-state index is 12.9. The highest BCUT2D eigenvalue weighted by Crippen LogP contribution is 2.25. The first-order valence-electron chi connectivity index (χ1n) is 9.24. The lowest BCUT2D eigenvalue weighted by Gasteiger charge is -2.28. The van der Waals surface area contributed by atoms with E-state index in [1.54, 1.807) is 18.3 Å². The van der Waals surface area contributed by atoms with Gasteiger partial charge < -0.3 is 5.32 Å². The van der Waals surface area contributed by atoms with Crippen LogP contribution in [0.2, 0.25) is 0 Å². The van der Waals surface area contributed by atoms with Crippen molar-refractivity contribution >= 4 is 33.0 Å². The number of nitrogens with one attached hydrogen (secondary N) is 1. The molecule has 1 saturated carbocycles. The average molecular weight is 372 g/mol. The van der Waals surface area contributed by atoms with Crippen LogP contribution in [0.1, 0.15) is 51.4 Å². The van der Waals surface area contributed by atoms with Gasteiger partial charge in [0.1, 0.15) is 17.4 Å². The minimum absolute atomic E-state index is 0.128. The monoisotopic (exact) mass is 372 g/mol. The predicted octanol–water partition coefficient (Wildman–Crippen LogP) is 3.28. The summed E-state index contributed by atoms with van der Waals surface area (Å²) >= 11 is 1.60. The molecule has 26 heavy (non-hydrogen) atoms. The summed E-state index contributed by atoms with van der Waals surface area (Å²) in [5.41, 5.74) is 1.34. The molecule has 7 heteroatoms. The Balaban J connectivity index is 1.64. The van der Waals surface area contributed by atoms with Gasteiger partial charge in [-0.1, -0.05) is 6.92 Å². The summed E-state index contributed by atoms with van der Waals surface area (Å²) in [6.45, 7) is 5.87. The van der Waals surface area contributed by atoms with Crippen molar-refractivity contribution in [1.29, 1.82) is 0 Å². The quantitative estimate of drug-likeness (QED) is 0.767. The van der Waals surface area contributed by atoms with E-state index >= 15 is 0 Å². The summed E-state index contributed by atoms with van der Waals surface area (Å²) in [7, 11) is 0. The smallest absolute Gasteiger partial charge is 0.291 e. The van der Waals surface area contributed by atoms with Crippen LogP contribution in [0, 0.1) is 12.8 Å². The van der Waals surface area contributed by atoms with Crippen LogP contribution in [0.4, 0.5) is 0 Å². The third kappa shape index (κ3) is 2.84. The van der Waals surface area contributed by atoms with E-state index < -0.39 is 6.04 Å². The van der Waals surface area contributed by atoms with Crippen LogP contribution in [-0.4, -0.2) is 26.1 Å². The van der Waals surface area contributed by atoms with E-state index in [2.05, 4.69) is 17.3 Å². The van der Waals surface area contributed by atoms with Crippen molar-refractivity contribution in [2.75, 3.05) is 0 Å². The average Bonchev–Trinajstić information content (AvgIpc) is 3.20. The summed E-state index contributed by atoms with van der Waals surface area (Å²) in [6.07, 6.45) is 4.30. The molecule has 138 valence electrons. The van der Waals surface area contributed by atoms with E-state index in [1.165, 1.54) is 4.68 Å². The summed E-state index contributed by atoms with van der Waals surface area (Å²) in [4.78, 5) is 25.6. The number of aromatic nitrogens is 3. The third-order valence-electron chi connectivity index (χ3n) is 5.53. The highest BCUT2D eigenvalue weighted by Gasteiger charge is 2.25. The normalized spacial score (nSPS) is 22.0. The van der Waals surface area contributed by atoms with Crippen LogP contribution in [0.15, 0.2) is 22.3 Å². The van der Waals surface area contributed by atoms with Gasteiger partial charge in [0, 0.05) is 6.04 Å². The van der Waals surface area contributed by atoms with Gasteiger partial charge in [-0.15, -0.1) is 11.3 Å². The molecular formula is C19H24N4O2S. The summed E-state index contributed by atoms with van der Waals surface area (Å²) in [6, 6.07) is 3.46. The minimum atomic E-state index is -0.626. The van der Waals surface area contributed by atoms with E-state index in [4.69, 9.17) is 0 Å². The van der Waals surface area contributed by atoms with Crippen LogP contribution in [0.5, 0.6) is 0 Å². The number of fused-ring (bicyclic) bond motifs is 3. The van der Waals surface area contributed by atoms with E-state index in [-0.39, 0.29) is 17.5 Å². The van der Waals surface area contributed by atoms with Gasteiger partial charge in [0.25, 0.3) is 5.56 Å². The first-order chi connectivity index (χ1) is 12.5. The van der Waals surface area contributed by atoms with E-state index in [0.29, 0.717) is 11.3 Å². The molecule has 1 atom stereocenters. The molecule has 0 spiro atoms. The second-order valence-corrected chi connectivity index (χ2v) is 8.42. The van der Waals surface area contributed by atoms with Crippen molar-refractivity contribution in [3.63, 3.8) is 0 Å². The molecule has 4 rings (SSSR count). The first-order valence-corrected chi connectivity index (χ1v) is 10.1. The highest BCUT2D eigenvalue weighted by molar-refractivity contribution is 7.17. The fourth-order valence-corrected chi connectivity index (χ4v) is 4.70. The van der Waals surface area contributed by atoms with Gasteiger partial charge in [0.15, 0.2) is 0 Å². The van der Waals surface area contributed by atoms with Gasteiger partial charge in [0.2, 0.25) is 5.91 Å². The predicted molar refractivity (Wildman–Crippen MR) is 104 cm³/mol.